The predicted molar refractivity (Wildman–Crippen MR) is 85.0 cm³/mol. The fourth-order valence-corrected chi connectivity index (χ4v) is 2.20. The van der Waals surface area contributed by atoms with E-state index in [-0.39, 0.29) is 5.84 Å². The van der Waals surface area contributed by atoms with Crippen molar-refractivity contribution in [3.63, 3.8) is 0 Å². The van der Waals surface area contributed by atoms with Gasteiger partial charge in [-0.2, -0.15) is 0 Å². The van der Waals surface area contributed by atoms with Crippen molar-refractivity contribution in [2.75, 3.05) is 18.6 Å². The van der Waals surface area contributed by atoms with Gasteiger partial charge in [-0.15, -0.1) is 0 Å². The number of nitrogen functional groups attached to an aromatic ring is 1. The second-order valence-corrected chi connectivity index (χ2v) is 4.67. The molecule has 0 atom stereocenters. The fourth-order valence-electron chi connectivity index (χ4n) is 2.20. The molecule has 1 aromatic heterocycles. The fraction of sp³-hybridized carbons (Fsp3) is 0.250. The van der Waals surface area contributed by atoms with E-state index < -0.39 is 0 Å². The Bertz CT molecular complexity index is 613. The zero-order valence-electron chi connectivity index (χ0n) is 12.3. The third-order valence-electron chi connectivity index (χ3n) is 3.34. The van der Waals surface area contributed by atoms with Crippen LogP contribution >= 0.6 is 0 Å². The first-order valence-corrected chi connectivity index (χ1v) is 6.82. The number of aromatic nitrogens is 1. The lowest BCUT2D eigenvalue weighted by molar-refractivity contribution is 0.414. The number of hydrogen-bond donors (Lipinski definition) is 2. The lowest BCUT2D eigenvalue weighted by Crippen LogP contribution is -2.26. The maximum absolute atomic E-state index is 7.75. The number of ether oxygens (including phenoxy) is 1. The average molecular weight is 284 g/mol. The van der Waals surface area contributed by atoms with Gasteiger partial charge in [0.25, 0.3) is 0 Å². The summed E-state index contributed by atoms with van der Waals surface area (Å²) in [7, 11) is 1.63. The van der Waals surface area contributed by atoms with Crippen LogP contribution in [-0.2, 0) is 6.54 Å². The van der Waals surface area contributed by atoms with Crippen molar-refractivity contribution in [3.05, 3.63) is 53.9 Å². The second-order valence-electron chi connectivity index (χ2n) is 4.67. The quantitative estimate of drug-likeness (QED) is 0.631. The monoisotopic (exact) mass is 284 g/mol. The molecule has 110 valence electrons. The minimum atomic E-state index is 0.0563. The molecule has 0 bridgehead atoms. The number of benzene rings is 1. The van der Waals surface area contributed by atoms with Crippen LogP contribution in [0, 0.1) is 5.41 Å². The topological polar surface area (TPSA) is 75.2 Å². The van der Waals surface area contributed by atoms with E-state index in [0.29, 0.717) is 5.56 Å². The lowest BCUT2D eigenvalue weighted by Gasteiger charge is -2.26. The summed E-state index contributed by atoms with van der Waals surface area (Å²) in [6.07, 6.45) is 3.56. The molecule has 0 aliphatic heterocycles. The summed E-state index contributed by atoms with van der Waals surface area (Å²) in [5.74, 6) is 0.809. The molecule has 0 unspecified atom stereocenters. The molecule has 0 aliphatic rings. The van der Waals surface area contributed by atoms with Gasteiger partial charge >= 0.3 is 0 Å². The number of nitrogens with zero attached hydrogens (tertiary/aromatic N) is 2. The van der Waals surface area contributed by atoms with Gasteiger partial charge in [-0.3, -0.25) is 10.4 Å². The van der Waals surface area contributed by atoms with Crippen molar-refractivity contribution in [2.24, 2.45) is 5.73 Å². The van der Waals surface area contributed by atoms with E-state index in [2.05, 4.69) is 16.8 Å². The molecule has 2 aromatic rings. The van der Waals surface area contributed by atoms with E-state index in [1.54, 1.807) is 19.5 Å². The number of pyridine rings is 1. The highest BCUT2D eigenvalue weighted by Gasteiger charge is 2.13. The average Bonchev–Trinajstić information content (AvgIpc) is 2.52. The third-order valence-corrected chi connectivity index (χ3v) is 3.34. The first-order valence-electron chi connectivity index (χ1n) is 6.82. The highest BCUT2D eigenvalue weighted by Crippen LogP contribution is 2.27. The Hall–Kier alpha value is -2.56. The predicted octanol–water partition coefficient (Wildman–Crippen LogP) is 2.40. The molecule has 0 amide bonds. The zero-order chi connectivity index (χ0) is 15.2. The number of nitrogens with one attached hydrogen (secondary N) is 1. The van der Waals surface area contributed by atoms with Gasteiger partial charge in [0.15, 0.2) is 0 Å². The molecule has 1 aromatic carbocycles. The Morgan fingerprint density at radius 2 is 2.00 bits per heavy atom. The van der Waals surface area contributed by atoms with Crippen LogP contribution in [0.15, 0.2) is 42.7 Å². The first-order chi connectivity index (χ1) is 10.2. The Labute approximate surface area is 124 Å². The van der Waals surface area contributed by atoms with E-state index in [1.165, 1.54) is 0 Å². The SMILES string of the molecule is CCN(Cc1ccncc1)c1cc(OC)ccc1C(=N)N. The number of amidine groups is 1. The van der Waals surface area contributed by atoms with Crippen molar-refractivity contribution in [3.8, 4) is 5.75 Å². The van der Waals surface area contributed by atoms with Gasteiger partial charge in [0.1, 0.15) is 11.6 Å². The summed E-state index contributed by atoms with van der Waals surface area (Å²) in [5, 5.41) is 7.75. The summed E-state index contributed by atoms with van der Waals surface area (Å²) < 4.78 is 5.29. The van der Waals surface area contributed by atoms with E-state index >= 15 is 0 Å². The molecule has 5 nitrogen and oxygen atoms in total. The molecule has 2 rings (SSSR count). The minimum Gasteiger partial charge on any atom is -0.497 e. The molecular weight excluding hydrogens is 264 g/mol. The van der Waals surface area contributed by atoms with Crippen LogP contribution in [0.3, 0.4) is 0 Å². The first kappa shape index (κ1) is 14.8. The standard InChI is InChI=1S/C16H20N4O/c1-3-20(11-12-6-8-19-9-7-12)15-10-13(21-2)4-5-14(15)16(17)18/h4-10H,3,11H2,1-2H3,(H3,17,18). The van der Waals surface area contributed by atoms with Gasteiger partial charge in [-0.05, 0) is 36.8 Å². The van der Waals surface area contributed by atoms with Crippen molar-refractivity contribution in [1.29, 1.82) is 5.41 Å². The normalized spacial score (nSPS) is 10.2. The molecular formula is C16H20N4O. The molecule has 0 saturated heterocycles. The van der Waals surface area contributed by atoms with Gasteiger partial charge in [0, 0.05) is 37.1 Å². The van der Waals surface area contributed by atoms with Gasteiger partial charge < -0.3 is 15.4 Å². The molecule has 0 radical (unpaired) electrons. The maximum atomic E-state index is 7.75. The highest BCUT2D eigenvalue weighted by molar-refractivity contribution is 6.00. The van der Waals surface area contributed by atoms with E-state index in [4.69, 9.17) is 15.9 Å². The van der Waals surface area contributed by atoms with Crippen molar-refractivity contribution in [2.45, 2.75) is 13.5 Å². The van der Waals surface area contributed by atoms with Gasteiger partial charge in [0.2, 0.25) is 0 Å². The van der Waals surface area contributed by atoms with Crippen molar-refractivity contribution in [1.82, 2.24) is 4.98 Å². The van der Waals surface area contributed by atoms with Crippen LogP contribution < -0.4 is 15.4 Å². The summed E-state index contributed by atoms with van der Waals surface area (Å²) in [6.45, 7) is 3.60. The maximum Gasteiger partial charge on any atom is 0.124 e. The minimum absolute atomic E-state index is 0.0563. The van der Waals surface area contributed by atoms with Gasteiger partial charge in [-0.25, -0.2) is 0 Å². The number of hydrogen-bond acceptors (Lipinski definition) is 4. The second kappa shape index (κ2) is 6.74. The summed E-state index contributed by atoms with van der Waals surface area (Å²) >= 11 is 0. The Morgan fingerprint density at radius 3 is 2.57 bits per heavy atom. The van der Waals surface area contributed by atoms with Crippen LogP contribution in [-0.4, -0.2) is 24.5 Å². The molecule has 0 aliphatic carbocycles. The molecule has 0 fully saturated rings. The van der Waals surface area contributed by atoms with Crippen LogP contribution in [0.4, 0.5) is 5.69 Å². The molecule has 0 spiro atoms. The Kier molecular flexibility index (Phi) is 4.77. The largest absolute Gasteiger partial charge is 0.497 e. The van der Waals surface area contributed by atoms with Gasteiger partial charge in [-0.1, -0.05) is 0 Å². The molecule has 3 N–H and O–H groups in total. The molecule has 0 saturated carbocycles. The number of nitrogens with two attached hydrogens (primary N) is 1. The van der Waals surface area contributed by atoms with E-state index in [9.17, 15) is 0 Å². The van der Waals surface area contributed by atoms with Crippen LogP contribution in [0.2, 0.25) is 0 Å². The number of rotatable bonds is 6. The third kappa shape index (κ3) is 3.51. The van der Waals surface area contributed by atoms with E-state index in [1.807, 2.05) is 30.3 Å². The highest BCUT2D eigenvalue weighted by atomic mass is 16.5. The Morgan fingerprint density at radius 1 is 1.29 bits per heavy atom. The number of anilines is 1. The van der Waals surface area contributed by atoms with Crippen LogP contribution in [0.1, 0.15) is 18.1 Å². The number of methoxy groups -OCH3 is 1. The lowest BCUT2D eigenvalue weighted by atomic mass is 10.1. The van der Waals surface area contributed by atoms with Gasteiger partial charge in [0.05, 0.1) is 12.8 Å². The molecule has 5 heteroatoms. The zero-order valence-corrected chi connectivity index (χ0v) is 12.3. The smallest absolute Gasteiger partial charge is 0.124 e. The van der Waals surface area contributed by atoms with E-state index in [0.717, 1.165) is 30.1 Å². The summed E-state index contributed by atoms with van der Waals surface area (Å²) in [4.78, 5) is 6.19. The summed E-state index contributed by atoms with van der Waals surface area (Å²) in [6, 6.07) is 9.53. The van der Waals surface area contributed by atoms with Crippen LogP contribution in [0.25, 0.3) is 0 Å². The molecule has 21 heavy (non-hydrogen) atoms. The Balaban J connectivity index is 2.38. The molecule has 1 heterocycles. The van der Waals surface area contributed by atoms with Crippen LogP contribution in [0.5, 0.6) is 5.75 Å². The van der Waals surface area contributed by atoms with Crippen molar-refractivity contribution < 1.29 is 4.74 Å². The van der Waals surface area contributed by atoms with Crippen molar-refractivity contribution >= 4 is 11.5 Å². The summed E-state index contributed by atoms with van der Waals surface area (Å²) in [5.41, 5.74) is 8.47.